The molecule has 200 valence electrons. The molecule has 37 heavy (non-hydrogen) atoms. The van der Waals surface area contributed by atoms with E-state index >= 15 is 0 Å². The van der Waals surface area contributed by atoms with Crippen LogP contribution in [-0.4, -0.2) is 34.8 Å². The van der Waals surface area contributed by atoms with Gasteiger partial charge in [0.2, 0.25) is 0 Å². The zero-order chi connectivity index (χ0) is 26.5. The Hall–Kier alpha value is -3.01. The van der Waals surface area contributed by atoms with Crippen LogP contribution in [0.25, 0.3) is 11.4 Å². The summed E-state index contributed by atoms with van der Waals surface area (Å²) >= 11 is 0. The number of nitriles is 1. The largest absolute Gasteiger partial charge is 0.492 e. The first-order valence-corrected chi connectivity index (χ1v) is 13.9. The van der Waals surface area contributed by atoms with Crippen molar-refractivity contribution in [1.82, 2.24) is 9.97 Å². The third-order valence-corrected chi connectivity index (χ3v) is 7.00. The molecule has 7 heteroatoms. The molecule has 0 spiro atoms. The smallest absolute Gasteiger partial charge is 0.340 e. The summed E-state index contributed by atoms with van der Waals surface area (Å²) in [6, 6.07) is 7.69. The van der Waals surface area contributed by atoms with Gasteiger partial charge in [-0.3, -0.25) is 0 Å². The molecule has 2 aromatic rings. The number of nitrogens with zero attached hydrogens (tertiary/aromatic N) is 3. The molecule has 1 aromatic heterocycles. The van der Waals surface area contributed by atoms with Crippen molar-refractivity contribution in [3.63, 3.8) is 0 Å². The average molecular weight is 510 g/mol. The topological polar surface area (TPSA) is 85.1 Å². The molecule has 0 saturated heterocycles. The molecule has 0 amide bonds. The second-order valence-corrected chi connectivity index (χ2v) is 10.0. The Bertz CT molecular complexity index is 1010. The molecule has 0 radical (unpaired) electrons. The number of unbranched alkanes of at least 4 members (excludes halogenated alkanes) is 4. The van der Waals surface area contributed by atoms with Crippen LogP contribution in [0.3, 0.4) is 0 Å². The fourth-order valence-electron chi connectivity index (χ4n) is 4.63. The number of hydrogen-bond acceptors (Lipinski definition) is 6. The van der Waals surface area contributed by atoms with E-state index in [1.807, 2.05) is 25.4 Å². The summed E-state index contributed by atoms with van der Waals surface area (Å²) in [7, 11) is 0. The molecular weight excluding hydrogens is 469 g/mol. The first-order valence-electron chi connectivity index (χ1n) is 13.9. The second kappa shape index (κ2) is 15.3. The molecule has 0 N–H and O–H groups in total. The Morgan fingerprint density at radius 3 is 2.49 bits per heavy atom. The summed E-state index contributed by atoms with van der Waals surface area (Å²) in [4.78, 5) is 20.9. The van der Waals surface area contributed by atoms with Crippen molar-refractivity contribution in [1.29, 1.82) is 5.26 Å². The number of aryl methyl sites for hydroxylation is 1. The molecule has 1 aromatic carbocycles. The Labute approximate surface area is 220 Å². The van der Waals surface area contributed by atoms with E-state index in [0.717, 1.165) is 43.2 Å². The fourth-order valence-corrected chi connectivity index (χ4v) is 4.63. The second-order valence-electron chi connectivity index (χ2n) is 10.0. The number of carbonyl (C=O) groups is 1. The lowest BCUT2D eigenvalue weighted by Gasteiger charge is -2.28. The predicted molar refractivity (Wildman–Crippen MR) is 142 cm³/mol. The molecular formula is C30H40FN3O3. The minimum Gasteiger partial charge on any atom is -0.492 e. The average Bonchev–Trinajstić information content (AvgIpc) is 2.94. The molecule has 1 aliphatic carbocycles. The van der Waals surface area contributed by atoms with Crippen LogP contribution in [-0.2, 0) is 16.0 Å². The highest BCUT2D eigenvalue weighted by atomic mass is 19.1. The Kier molecular flexibility index (Phi) is 11.8. The van der Waals surface area contributed by atoms with Gasteiger partial charge in [0.15, 0.2) is 12.0 Å². The Morgan fingerprint density at radius 2 is 1.81 bits per heavy atom. The van der Waals surface area contributed by atoms with Crippen LogP contribution in [0.5, 0.6) is 5.75 Å². The van der Waals surface area contributed by atoms with Gasteiger partial charge in [0, 0.05) is 18.0 Å². The van der Waals surface area contributed by atoms with Crippen LogP contribution in [0.2, 0.25) is 0 Å². The Morgan fingerprint density at radius 1 is 1.08 bits per heavy atom. The summed E-state index contributed by atoms with van der Waals surface area (Å²) in [6.07, 6.45) is 12.7. The van der Waals surface area contributed by atoms with Gasteiger partial charge in [0.25, 0.3) is 0 Å². The minimum absolute atomic E-state index is 0.222. The molecule has 0 aliphatic heterocycles. The first-order chi connectivity index (χ1) is 18.0. The molecule has 6 nitrogen and oxygen atoms in total. The number of benzene rings is 1. The van der Waals surface area contributed by atoms with Gasteiger partial charge in [-0.1, -0.05) is 46.0 Å². The van der Waals surface area contributed by atoms with E-state index in [4.69, 9.17) is 9.47 Å². The minimum atomic E-state index is -1.52. The van der Waals surface area contributed by atoms with E-state index in [2.05, 4.69) is 23.0 Å². The summed E-state index contributed by atoms with van der Waals surface area (Å²) in [5, 5.41) is 9.68. The highest BCUT2D eigenvalue weighted by molar-refractivity contribution is 5.74. The Balaban J connectivity index is 1.47. The molecule has 0 unspecified atom stereocenters. The predicted octanol–water partition coefficient (Wildman–Crippen LogP) is 7.15. The van der Waals surface area contributed by atoms with Crippen molar-refractivity contribution in [3.05, 3.63) is 41.7 Å². The highest BCUT2D eigenvalue weighted by Crippen LogP contribution is 2.30. The number of hydrogen-bond donors (Lipinski definition) is 0. The zero-order valence-electron chi connectivity index (χ0n) is 22.3. The van der Waals surface area contributed by atoms with Crippen molar-refractivity contribution in [3.8, 4) is 23.2 Å². The van der Waals surface area contributed by atoms with E-state index in [1.165, 1.54) is 19.3 Å². The SMILES string of the molecule is CCCCCCc1cnc(-c2ccc(OC[C@H]3CC[C@H](OC(=O)[C@@H](F)CCCC)CC3)c(C#N)c2)nc1. The zero-order valence-corrected chi connectivity index (χ0v) is 22.3. The normalized spacial score (nSPS) is 18.1. The standard InChI is InChI=1S/C30H40FN3O3/c1-3-5-7-8-9-23-19-33-29(34-20-23)24-13-16-28(25(17-24)18-32)36-21-22-11-14-26(15-12-22)37-30(35)27(31)10-6-4-2/h13,16-17,19-20,22,26-27H,3-12,14-15,21H2,1-2H3/t22-,26-,27-/m0/s1. The van der Waals surface area contributed by atoms with Crippen molar-refractivity contribution in [2.24, 2.45) is 5.92 Å². The summed E-state index contributed by atoms with van der Waals surface area (Å²) in [6.45, 7) is 4.66. The maximum Gasteiger partial charge on any atom is 0.340 e. The molecule has 3 rings (SSSR count). The van der Waals surface area contributed by atoms with Crippen molar-refractivity contribution in [2.75, 3.05) is 6.61 Å². The van der Waals surface area contributed by atoms with E-state index in [-0.39, 0.29) is 12.5 Å². The third-order valence-electron chi connectivity index (χ3n) is 7.00. The van der Waals surface area contributed by atoms with Crippen LogP contribution in [0.1, 0.15) is 95.6 Å². The fraction of sp³-hybridized carbons (Fsp3) is 0.600. The summed E-state index contributed by atoms with van der Waals surface area (Å²) in [5.74, 6) is 0.718. The van der Waals surface area contributed by atoms with E-state index < -0.39 is 12.1 Å². The van der Waals surface area contributed by atoms with Crippen molar-refractivity contribution < 1.29 is 18.7 Å². The number of rotatable bonds is 14. The quantitative estimate of drug-likeness (QED) is 0.199. The number of esters is 1. The lowest BCUT2D eigenvalue weighted by Crippen LogP contribution is -2.30. The molecule has 1 saturated carbocycles. The van der Waals surface area contributed by atoms with E-state index in [9.17, 15) is 14.4 Å². The maximum absolute atomic E-state index is 13.9. The summed E-state index contributed by atoms with van der Waals surface area (Å²) in [5.41, 5.74) is 2.37. The van der Waals surface area contributed by atoms with Crippen molar-refractivity contribution >= 4 is 5.97 Å². The van der Waals surface area contributed by atoms with Gasteiger partial charge in [-0.05, 0) is 74.6 Å². The number of ether oxygens (including phenoxy) is 2. The van der Waals surface area contributed by atoms with Gasteiger partial charge in [-0.25, -0.2) is 19.2 Å². The maximum atomic E-state index is 13.9. The van der Waals surface area contributed by atoms with Gasteiger partial charge in [-0.2, -0.15) is 5.26 Å². The third kappa shape index (κ3) is 9.10. The highest BCUT2D eigenvalue weighted by Gasteiger charge is 2.27. The van der Waals surface area contributed by atoms with E-state index in [0.29, 0.717) is 48.9 Å². The van der Waals surface area contributed by atoms with Crippen LogP contribution in [0.15, 0.2) is 30.6 Å². The van der Waals surface area contributed by atoms with Crippen LogP contribution in [0, 0.1) is 17.2 Å². The van der Waals surface area contributed by atoms with Gasteiger partial charge in [-0.15, -0.1) is 0 Å². The first kappa shape index (κ1) is 28.6. The van der Waals surface area contributed by atoms with E-state index in [1.54, 1.807) is 12.1 Å². The molecule has 1 fully saturated rings. The molecule has 0 bridgehead atoms. The van der Waals surface area contributed by atoms with Crippen LogP contribution in [0.4, 0.5) is 4.39 Å². The lowest BCUT2D eigenvalue weighted by molar-refractivity contribution is -0.157. The van der Waals surface area contributed by atoms with Crippen molar-refractivity contribution in [2.45, 2.75) is 103 Å². The number of halogens is 1. The summed E-state index contributed by atoms with van der Waals surface area (Å²) < 4.78 is 25.3. The monoisotopic (exact) mass is 509 g/mol. The van der Waals surface area contributed by atoms with Gasteiger partial charge in [0.1, 0.15) is 17.9 Å². The molecule has 1 heterocycles. The van der Waals surface area contributed by atoms with Gasteiger partial charge >= 0.3 is 5.97 Å². The van der Waals surface area contributed by atoms with Crippen LogP contribution < -0.4 is 4.74 Å². The molecule has 1 aliphatic rings. The lowest BCUT2D eigenvalue weighted by atomic mass is 9.88. The van der Waals surface area contributed by atoms with Gasteiger partial charge in [0.05, 0.1) is 12.2 Å². The molecule has 1 atom stereocenters. The number of alkyl halides is 1. The van der Waals surface area contributed by atoms with Crippen LogP contribution >= 0.6 is 0 Å². The van der Waals surface area contributed by atoms with Gasteiger partial charge < -0.3 is 9.47 Å². The number of carbonyl (C=O) groups excluding carboxylic acids is 1. The number of aromatic nitrogens is 2.